The third-order valence-electron chi connectivity index (χ3n) is 2.19. The van der Waals surface area contributed by atoms with Crippen LogP contribution in [0.15, 0.2) is 18.2 Å². The number of hydrogen-bond donors (Lipinski definition) is 3. The number of benzene rings is 1. The van der Waals surface area contributed by atoms with Gasteiger partial charge in [-0.3, -0.25) is 5.43 Å². The smallest absolute Gasteiger partial charge is 0.323 e. The lowest BCUT2D eigenvalue weighted by molar-refractivity contribution is 0.312. The number of halogens is 2. The zero-order valence-electron chi connectivity index (χ0n) is 10.5. The van der Waals surface area contributed by atoms with Crippen molar-refractivity contribution in [1.82, 2.24) is 15.0 Å². The van der Waals surface area contributed by atoms with Crippen molar-refractivity contribution in [2.24, 2.45) is 5.84 Å². The highest BCUT2D eigenvalue weighted by atomic mass is 35.5. The molecule has 0 spiro atoms. The van der Waals surface area contributed by atoms with E-state index < -0.39 is 5.82 Å². The van der Waals surface area contributed by atoms with Gasteiger partial charge in [0.1, 0.15) is 5.82 Å². The summed E-state index contributed by atoms with van der Waals surface area (Å²) in [5, 5.41) is 3.07. The summed E-state index contributed by atoms with van der Waals surface area (Å²) >= 11 is 5.81. The average Bonchev–Trinajstić information content (AvgIpc) is 2.43. The topological polar surface area (TPSA) is 98.0 Å². The first kappa shape index (κ1) is 14.2. The number of anilines is 3. The van der Waals surface area contributed by atoms with Crippen molar-refractivity contribution in [3.63, 3.8) is 0 Å². The van der Waals surface area contributed by atoms with Crippen LogP contribution in [0.5, 0.6) is 6.01 Å². The van der Waals surface area contributed by atoms with E-state index in [1.807, 2.05) is 0 Å². The number of aromatic nitrogens is 3. The predicted molar refractivity (Wildman–Crippen MR) is 73.5 cm³/mol. The molecule has 106 valence electrons. The van der Waals surface area contributed by atoms with E-state index in [1.165, 1.54) is 18.2 Å². The van der Waals surface area contributed by atoms with Crippen LogP contribution in [0.25, 0.3) is 0 Å². The molecule has 0 unspecified atom stereocenters. The molecular weight excluding hydrogens is 287 g/mol. The van der Waals surface area contributed by atoms with Crippen LogP contribution in [0.2, 0.25) is 5.02 Å². The molecule has 0 bridgehead atoms. The quantitative estimate of drug-likeness (QED) is 0.574. The molecule has 2 rings (SSSR count). The largest absolute Gasteiger partial charge is 0.464 e. The van der Waals surface area contributed by atoms with E-state index in [0.717, 1.165) is 0 Å². The Morgan fingerprint density at radius 1 is 1.30 bits per heavy atom. The number of nitrogens with two attached hydrogens (primary N) is 1. The van der Waals surface area contributed by atoms with E-state index in [1.54, 1.807) is 6.92 Å². The number of ether oxygens (including phenoxy) is 1. The van der Waals surface area contributed by atoms with Crippen LogP contribution in [0, 0.1) is 5.82 Å². The Kier molecular flexibility index (Phi) is 4.49. The summed E-state index contributed by atoms with van der Waals surface area (Å²) in [5.74, 6) is 4.93. The third-order valence-corrected chi connectivity index (χ3v) is 2.43. The third kappa shape index (κ3) is 3.43. The molecule has 0 aliphatic heterocycles. The van der Waals surface area contributed by atoms with Gasteiger partial charge in [-0.25, -0.2) is 10.2 Å². The van der Waals surface area contributed by atoms with E-state index in [0.29, 0.717) is 11.6 Å². The lowest BCUT2D eigenvalue weighted by atomic mass is 10.3. The number of rotatable bonds is 5. The highest BCUT2D eigenvalue weighted by molar-refractivity contribution is 6.30. The number of hydrogen-bond acceptors (Lipinski definition) is 7. The Labute approximate surface area is 119 Å². The Balaban J connectivity index is 2.32. The molecule has 0 amide bonds. The van der Waals surface area contributed by atoms with E-state index >= 15 is 0 Å². The van der Waals surface area contributed by atoms with Crippen molar-refractivity contribution in [2.75, 3.05) is 17.3 Å². The van der Waals surface area contributed by atoms with Gasteiger partial charge in [-0.15, -0.1) is 0 Å². The lowest BCUT2D eigenvalue weighted by Crippen LogP contribution is -2.13. The summed E-state index contributed by atoms with van der Waals surface area (Å²) in [7, 11) is 0. The molecule has 1 aromatic carbocycles. The number of nitrogens with zero attached hydrogens (tertiary/aromatic N) is 3. The maximum atomic E-state index is 13.6. The fourth-order valence-corrected chi connectivity index (χ4v) is 1.56. The minimum absolute atomic E-state index is 0.0698. The van der Waals surface area contributed by atoms with E-state index in [2.05, 4.69) is 25.7 Å². The Hall–Kier alpha value is -2.19. The van der Waals surface area contributed by atoms with Gasteiger partial charge in [0.2, 0.25) is 11.9 Å². The zero-order chi connectivity index (χ0) is 14.5. The van der Waals surface area contributed by atoms with Gasteiger partial charge in [0, 0.05) is 5.02 Å². The van der Waals surface area contributed by atoms with Gasteiger partial charge in [0.15, 0.2) is 0 Å². The van der Waals surface area contributed by atoms with Gasteiger partial charge in [0.25, 0.3) is 0 Å². The van der Waals surface area contributed by atoms with Gasteiger partial charge in [0.05, 0.1) is 12.3 Å². The summed E-state index contributed by atoms with van der Waals surface area (Å²) in [6, 6.07) is 4.16. The van der Waals surface area contributed by atoms with Gasteiger partial charge >= 0.3 is 6.01 Å². The highest BCUT2D eigenvalue weighted by Crippen LogP contribution is 2.23. The molecule has 0 saturated heterocycles. The molecule has 20 heavy (non-hydrogen) atoms. The van der Waals surface area contributed by atoms with Crippen LogP contribution in [0.3, 0.4) is 0 Å². The molecule has 9 heteroatoms. The normalized spacial score (nSPS) is 10.2. The zero-order valence-corrected chi connectivity index (χ0v) is 11.3. The van der Waals surface area contributed by atoms with Crippen molar-refractivity contribution in [3.8, 4) is 6.01 Å². The maximum absolute atomic E-state index is 13.6. The molecule has 0 aliphatic rings. The maximum Gasteiger partial charge on any atom is 0.323 e. The van der Waals surface area contributed by atoms with Crippen molar-refractivity contribution < 1.29 is 9.13 Å². The number of nitrogen functional groups attached to an aromatic ring is 1. The standard InChI is InChI=1S/C11H12ClFN6O/c1-2-20-11-17-9(16-10(18-11)19-14)15-8-5-6(12)3-4-7(8)13/h3-5H,2,14H2,1H3,(H2,15,16,17,18,19). The SMILES string of the molecule is CCOc1nc(NN)nc(Nc2cc(Cl)ccc2F)n1. The predicted octanol–water partition coefficient (Wildman–Crippen LogP) is 2.09. The molecule has 0 atom stereocenters. The van der Waals surface area contributed by atoms with Crippen LogP contribution >= 0.6 is 11.6 Å². The molecule has 7 nitrogen and oxygen atoms in total. The minimum Gasteiger partial charge on any atom is -0.464 e. The summed E-state index contributed by atoms with van der Waals surface area (Å²) in [4.78, 5) is 11.8. The fourth-order valence-electron chi connectivity index (χ4n) is 1.38. The van der Waals surface area contributed by atoms with Crippen molar-refractivity contribution in [1.29, 1.82) is 0 Å². The van der Waals surface area contributed by atoms with Crippen LogP contribution in [0.4, 0.5) is 22.0 Å². The minimum atomic E-state index is -0.491. The molecule has 0 radical (unpaired) electrons. The van der Waals surface area contributed by atoms with Crippen LogP contribution < -0.4 is 21.3 Å². The first-order chi connectivity index (χ1) is 9.62. The average molecular weight is 299 g/mol. The van der Waals surface area contributed by atoms with Crippen molar-refractivity contribution >= 4 is 29.2 Å². The van der Waals surface area contributed by atoms with Gasteiger partial charge in [-0.2, -0.15) is 15.0 Å². The number of nitrogens with one attached hydrogen (secondary N) is 2. The van der Waals surface area contributed by atoms with Gasteiger partial charge in [-0.1, -0.05) is 11.6 Å². The Morgan fingerprint density at radius 3 is 2.75 bits per heavy atom. The second kappa shape index (κ2) is 6.31. The van der Waals surface area contributed by atoms with E-state index in [4.69, 9.17) is 22.2 Å². The van der Waals surface area contributed by atoms with E-state index in [-0.39, 0.29) is 23.6 Å². The molecular formula is C11H12ClFN6O. The molecule has 0 saturated carbocycles. The summed E-state index contributed by atoms with van der Waals surface area (Å²) in [5.41, 5.74) is 2.41. The van der Waals surface area contributed by atoms with E-state index in [9.17, 15) is 4.39 Å². The summed E-state index contributed by atoms with van der Waals surface area (Å²) in [6.45, 7) is 2.15. The monoisotopic (exact) mass is 298 g/mol. The van der Waals surface area contributed by atoms with Crippen molar-refractivity contribution in [3.05, 3.63) is 29.0 Å². The molecule has 1 aromatic heterocycles. The molecule has 0 aliphatic carbocycles. The molecule has 4 N–H and O–H groups in total. The number of hydrazine groups is 1. The first-order valence-corrected chi connectivity index (χ1v) is 6.07. The van der Waals surface area contributed by atoms with Crippen molar-refractivity contribution in [2.45, 2.75) is 6.92 Å². The Morgan fingerprint density at radius 2 is 2.05 bits per heavy atom. The molecule has 0 fully saturated rings. The van der Waals surface area contributed by atoms with Crippen LogP contribution in [0.1, 0.15) is 6.92 Å². The second-order valence-electron chi connectivity index (χ2n) is 3.59. The fraction of sp³-hybridized carbons (Fsp3) is 0.182. The molecule has 1 heterocycles. The van der Waals surface area contributed by atoms with Gasteiger partial charge < -0.3 is 10.1 Å². The Bertz CT molecular complexity index is 611. The van der Waals surface area contributed by atoms with Gasteiger partial charge in [-0.05, 0) is 25.1 Å². The lowest BCUT2D eigenvalue weighted by Gasteiger charge is -2.09. The van der Waals surface area contributed by atoms with Crippen LogP contribution in [-0.4, -0.2) is 21.6 Å². The summed E-state index contributed by atoms with van der Waals surface area (Å²) < 4.78 is 18.8. The summed E-state index contributed by atoms with van der Waals surface area (Å²) in [6.07, 6.45) is 0. The van der Waals surface area contributed by atoms with Crippen LogP contribution in [-0.2, 0) is 0 Å². The molecule has 2 aromatic rings. The first-order valence-electron chi connectivity index (χ1n) is 5.70. The highest BCUT2D eigenvalue weighted by Gasteiger charge is 2.09. The second-order valence-corrected chi connectivity index (χ2v) is 4.03.